The fourth-order valence-electron chi connectivity index (χ4n) is 6.05. The van der Waals surface area contributed by atoms with Crippen LogP contribution in [0.15, 0.2) is 48.5 Å². The maximum atomic E-state index is 14.0. The van der Waals surface area contributed by atoms with Crippen LogP contribution in [0.4, 0.5) is 0 Å². The lowest BCUT2D eigenvalue weighted by molar-refractivity contribution is -0.136. The predicted molar refractivity (Wildman–Crippen MR) is 186 cm³/mol. The molecule has 0 bridgehead atoms. The van der Waals surface area contributed by atoms with Crippen LogP contribution < -0.4 is 10.1 Å². The molecule has 0 aliphatic heterocycles. The highest BCUT2D eigenvalue weighted by atomic mass is 16.5. The second kappa shape index (κ2) is 14.7. The predicted octanol–water partition coefficient (Wildman–Crippen LogP) is 9.57. The zero-order valence-corrected chi connectivity index (χ0v) is 29.5. The molecule has 5 nitrogen and oxygen atoms in total. The number of rotatable bonds is 12. The van der Waals surface area contributed by atoms with Gasteiger partial charge in [0.25, 0.3) is 5.91 Å². The first-order valence-corrected chi connectivity index (χ1v) is 16.4. The average molecular weight is 614 g/mol. The summed E-state index contributed by atoms with van der Waals surface area (Å²) in [5.41, 5.74) is 9.59. The molecule has 1 amide bonds. The van der Waals surface area contributed by atoms with E-state index in [1.807, 2.05) is 12.1 Å². The van der Waals surface area contributed by atoms with Crippen LogP contribution in [0.3, 0.4) is 0 Å². The van der Waals surface area contributed by atoms with Gasteiger partial charge >= 0.3 is 5.97 Å². The van der Waals surface area contributed by atoms with Crippen molar-refractivity contribution >= 4 is 11.9 Å². The van der Waals surface area contributed by atoms with Gasteiger partial charge in [0.1, 0.15) is 12.4 Å². The fourth-order valence-corrected chi connectivity index (χ4v) is 6.05. The molecule has 3 aromatic carbocycles. The Morgan fingerprint density at radius 2 is 1.51 bits per heavy atom. The summed E-state index contributed by atoms with van der Waals surface area (Å²) in [5, 5.41) is 12.7. The van der Waals surface area contributed by atoms with Crippen molar-refractivity contribution in [3.05, 3.63) is 98.6 Å². The van der Waals surface area contributed by atoms with Crippen molar-refractivity contribution < 1.29 is 19.4 Å². The third kappa shape index (κ3) is 9.94. The van der Waals surface area contributed by atoms with Crippen molar-refractivity contribution in [3.63, 3.8) is 0 Å². The van der Waals surface area contributed by atoms with Gasteiger partial charge in [0.2, 0.25) is 0 Å². The highest BCUT2D eigenvalue weighted by molar-refractivity contribution is 5.96. The van der Waals surface area contributed by atoms with Gasteiger partial charge in [0, 0.05) is 12.0 Å². The maximum absolute atomic E-state index is 14.0. The zero-order valence-electron chi connectivity index (χ0n) is 29.5. The van der Waals surface area contributed by atoms with Gasteiger partial charge in [-0.1, -0.05) is 110 Å². The Kier molecular flexibility index (Phi) is 11.7. The second-order valence-electron chi connectivity index (χ2n) is 15.1. The molecule has 0 saturated heterocycles. The van der Waals surface area contributed by atoms with Gasteiger partial charge in [-0.15, -0.1) is 0 Å². The van der Waals surface area contributed by atoms with Gasteiger partial charge in [-0.3, -0.25) is 9.59 Å². The molecular formula is C40H55NO4. The Bertz CT molecular complexity index is 1480. The van der Waals surface area contributed by atoms with Crippen molar-refractivity contribution in [2.75, 3.05) is 0 Å². The molecule has 0 fully saturated rings. The van der Waals surface area contributed by atoms with Crippen molar-refractivity contribution in [2.45, 2.75) is 125 Å². The third-order valence-corrected chi connectivity index (χ3v) is 8.36. The van der Waals surface area contributed by atoms with E-state index in [4.69, 9.17) is 4.74 Å². The van der Waals surface area contributed by atoms with Crippen LogP contribution >= 0.6 is 0 Å². The van der Waals surface area contributed by atoms with Gasteiger partial charge in [-0.25, -0.2) is 0 Å². The van der Waals surface area contributed by atoms with Crippen LogP contribution in [0.2, 0.25) is 0 Å². The number of ether oxygens (including phenoxy) is 1. The van der Waals surface area contributed by atoms with Crippen LogP contribution in [0.1, 0.15) is 136 Å². The van der Waals surface area contributed by atoms with E-state index in [1.165, 1.54) is 16.7 Å². The van der Waals surface area contributed by atoms with Crippen LogP contribution in [0.5, 0.6) is 5.75 Å². The lowest BCUT2D eigenvalue weighted by Crippen LogP contribution is -2.30. The van der Waals surface area contributed by atoms with E-state index in [9.17, 15) is 14.7 Å². The fraction of sp³-hybridized carbons (Fsp3) is 0.500. The standard InChI is InChI=1S/C40H55NO4/c1-12-33-30(21-31(39(6,7)8)22-35(33)40(9,10)11)24-45-32-15-13-28(14-16-37(42)43)34(23-32)38(44)41-36(17-25(2)3)29-19-26(4)18-27(5)20-29/h13,15,18-23,25,36H,12,14,16-17,24H2,1-11H3,(H,41,44)(H,42,43). The average Bonchev–Trinajstić information content (AvgIpc) is 2.92. The van der Waals surface area contributed by atoms with Gasteiger partial charge in [-0.2, -0.15) is 0 Å². The Morgan fingerprint density at radius 1 is 0.867 bits per heavy atom. The van der Waals surface area contributed by atoms with Crippen LogP contribution in [0, 0.1) is 19.8 Å². The molecule has 0 saturated carbocycles. The number of hydrogen-bond donors (Lipinski definition) is 2. The molecule has 2 N–H and O–H groups in total. The van der Waals surface area contributed by atoms with Gasteiger partial charge in [0.05, 0.1) is 6.04 Å². The molecule has 5 heteroatoms. The largest absolute Gasteiger partial charge is 0.489 e. The molecule has 0 aromatic heterocycles. The molecule has 0 spiro atoms. The molecule has 0 aliphatic rings. The summed E-state index contributed by atoms with van der Waals surface area (Å²) in [6.45, 7) is 24.5. The van der Waals surface area contributed by atoms with E-state index >= 15 is 0 Å². The quantitative estimate of drug-likeness (QED) is 0.213. The van der Waals surface area contributed by atoms with Crippen LogP contribution in [0.25, 0.3) is 0 Å². The maximum Gasteiger partial charge on any atom is 0.303 e. The summed E-state index contributed by atoms with van der Waals surface area (Å²) in [7, 11) is 0. The minimum atomic E-state index is -0.893. The normalized spacial score (nSPS) is 12.7. The number of carboxylic acids is 1. The summed E-state index contributed by atoms with van der Waals surface area (Å²) < 4.78 is 6.43. The van der Waals surface area contributed by atoms with Crippen LogP contribution in [-0.4, -0.2) is 17.0 Å². The van der Waals surface area contributed by atoms with Gasteiger partial charge < -0.3 is 15.2 Å². The summed E-state index contributed by atoms with van der Waals surface area (Å²) in [6, 6.07) is 16.3. The number of amides is 1. The number of nitrogens with one attached hydrogen (secondary N) is 1. The van der Waals surface area contributed by atoms with E-state index in [1.54, 1.807) is 6.07 Å². The van der Waals surface area contributed by atoms with E-state index in [0.717, 1.165) is 35.1 Å². The summed E-state index contributed by atoms with van der Waals surface area (Å²) in [6.07, 6.45) is 1.89. The Hall–Kier alpha value is -3.60. The zero-order chi connectivity index (χ0) is 33.7. The molecule has 244 valence electrons. The number of aryl methyl sites for hydroxylation is 3. The molecule has 0 heterocycles. The highest BCUT2D eigenvalue weighted by Gasteiger charge is 2.25. The summed E-state index contributed by atoms with van der Waals surface area (Å²) in [5.74, 6) is -0.154. The number of carbonyl (C=O) groups is 2. The van der Waals surface area contributed by atoms with Gasteiger partial charge in [0.15, 0.2) is 0 Å². The summed E-state index contributed by atoms with van der Waals surface area (Å²) in [4.78, 5) is 25.4. The minimum Gasteiger partial charge on any atom is -0.489 e. The Balaban J connectivity index is 2.01. The third-order valence-electron chi connectivity index (χ3n) is 8.36. The molecule has 1 atom stereocenters. The highest BCUT2D eigenvalue weighted by Crippen LogP contribution is 2.35. The number of hydrogen-bond acceptors (Lipinski definition) is 3. The lowest BCUT2D eigenvalue weighted by Gasteiger charge is -2.29. The van der Waals surface area contributed by atoms with Crippen LogP contribution in [-0.2, 0) is 35.1 Å². The lowest BCUT2D eigenvalue weighted by atomic mass is 9.76. The molecule has 3 rings (SSSR count). The van der Waals surface area contributed by atoms with E-state index < -0.39 is 5.97 Å². The molecule has 0 aliphatic carbocycles. The molecule has 1 unspecified atom stereocenters. The number of carboxylic acid groups (broad SMARTS) is 1. The first kappa shape index (κ1) is 35.9. The SMILES string of the molecule is CCc1c(COc2ccc(CCC(=O)O)c(C(=O)NC(CC(C)C)c3cc(C)cc(C)c3)c2)cc(C(C)(C)C)cc1C(C)(C)C. The van der Waals surface area contributed by atoms with E-state index in [0.29, 0.717) is 29.4 Å². The van der Waals surface area contributed by atoms with Crippen molar-refractivity contribution in [1.29, 1.82) is 0 Å². The topological polar surface area (TPSA) is 75.6 Å². The monoisotopic (exact) mass is 613 g/mol. The van der Waals surface area contributed by atoms with Crippen molar-refractivity contribution in [3.8, 4) is 5.75 Å². The Labute approximate surface area is 271 Å². The molecular weight excluding hydrogens is 558 g/mol. The number of benzene rings is 3. The molecule has 3 aromatic rings. The number of carbonyl (C=O) groups excluding carboxylic acids is 1. The minimum absolute atomic E-state index is 0.0131. The second-order valence-corrected chi connectivity index (χ2v) is 15.1. The van der Waals surface area contributed by atoms with E-state index in [-0.39, 0.29) is 35.6 Å². The first-order chi connectivity index (χ1) is 20.9. The van der Waals surface area contributed by atoms with Gasteiger partial charge in [-0.05, 0) is 95.4 Å². The summed E-state index contributed by atoms with van der Waals surface area (Å²) >= 11 is 0. The van der Waals surface area contributed by atoms with E-state index in [2.05, 4.69) is 112 Å². The van der Waals surface area contributed by atoms with Crippen molar-refractivity contribution in [1.82, 2.24) is 5.32 Å². The first-order valence-electron chi connectivity index (χ1n) is 16.4. The number of aliphatic carboxylic acids is 1. The molecule has 45 heavy (non-hydrogen) atoms. The smallest absolute Gasteiger partial charge is 0.303 e. The van der Waals surface area contributed by atoms with Crippen molar-refractivity contribution in [2.24, 2.45) is 5.92 Å². The molecule has 0 radical (unpaired) electrons. The Morgan fingerprint density at radius 3 is 2.04 bits per heavy atom.